The van der Waals surface area contributed by atoms with E-state index >= 15 is 0 Å². The largest absolute Gasteiger partial charge is 0.298 e. The van der Waals surface area contributed by atoms with Crippen LogP contribution in [0.25, 0.3) is 44.5 Å². The van der Waals surface area contributed by atoms with Gasteiger partial charge in [0.1, 0.15) is 27.9 Å². The summed E-state index contributed by atoms with van der Waals surface area (Å²) in [6.45, 7) is 0. The van der Waals surface area contributed by atoms with Crippen LogP contribution >= 0.6 is 11.3 Å². The third-order valence-electron chi connectivity index (χ3n) is 6.47. The van der Waals surface area contributed by atoms with Gasteiger partial charge in [-0.1, -0.05) is 24.3 Å². The molecule has 0 aliphatic carbocycles. The predicted octanol–water partition coefficient (Wildman–Crippen LogP) is 6.40. The second kappa shape index (κ2) is 9.38. The van der Waals surface area contributed by atoms with Crippen LogP contribution in [0, 0.1) is 5.82 Å². The molecule has 0 N–H and O–H groups in total. The van der Waals surface area contributed by atoms with Crippen LogP contribution in [-0.4, -0.2) is 34.7 Å². The van der Waals surface area contributed by atoms with Crippen LogP contribution in [0.15, 0.2) is 103 Å². The molecule has 2 aromatic carbocycles. The fraction of sp³-hybridized carbons (Fsp3) is 0.0333. The Bertz CT molecular complexity index is 1980. The van der Waals surface area contributed by atoms with Crippen LogP contribution in [-0.2, 0) is 6.42 Å². The van der Waals surface area contributed by atoms with Crippen molar-refractivity contribution >= 4 is 28.4 Å². The number of pyridine rings is 1. The van der Waals surface area contributed by atoms with Crippen molar-refractivity contribution in [1.82, 2.24) is 29.0 Å². The molecule has 7 aromatic rings. The molecular formula is C30H19FN6OS. The average Bonchev–Trinajstić information content (AvgIpc) is 3.71. The summed E-state index contributed by atoms with van der Waals surface area (Å²) >= 11 is 1.53. The lowest BCUT2D eigenvalue weighted by Gasteiger charge is -2.05. The molecule has 0 amide bonds. The van der Waals surface area contributed by atoms with Gasteiger partial charge in [-0.25, -0.2) is 23.9 Å². The fourth-order valence-corrected chi connectivity index (χ4v) is 5.29. The topological polar surface area (TPSA) is 77.5 Å². The summed E-state index contributed by atoms with van der Waals surface area (Å²) < 4.78 is 17.3. The Kier molecular flexibility index (Phi) is 5.56. The number of carbonyl (C=O) groups is 1. The van der Waals surface area contributed by atoms with Gasteiger partial charge in [-0.2, -0.15) is 5.10 Å². The molecule has 0 atom stereocenters. The lowest BCUT2D eigenvalue weighted by atomic mass is 10.0. The highest BCUT2D eigenvalue weighted by atomic mass is 32.1. The van der Waals surface area contributed by atoms with Crippen molar-refractivity contribution in [2.24, 2.45) is 0 Å². The van der Waals surface area contributed by atoms with Crippen molar-refractivity contribution in [2.45, 2.75) is 6.42 Å². The summed E-state index contributed by atoms with van der Waals surface area (Å²) in [5, 5.41) is 7.61. The third-order valence-corrected chi connectivity index (χ3v) is 7.29. The molecule has 0 saturated carbocycles. The zero-order valence-electron chi connectivity index (χ0n) is 20.4. The molecule has 39 heavy (non-hydrogen) atoms. The standard InChI is InChI=1S/C30H19FN6OS/c31-22-9-7-19(8-10-22)28-29(36-14-2-1-6-26(36)34-28)24-11-12-27-33-23(18-37(27)35-24)17-25(38)20-4-3-5-21(16-20)30-32-13-15-39-30/h1-16,18H,17H2. The van der Waals surface area contributed by atoms with Gasteiger partial charge in [-0.3, -0.25) is 9.20 Å². The van der Waals surface area contributed by atoms with E-state index in [2.05, 4.69) is 9.97 Å². The van der Waals surface area contributed by atoms with Gasteiger partial charge in [-0.05, 0) is 54.6 Å². The average molecular weight is 531 g/mol. The molecule has 0 spiro atoms. The molecule has 0 aliphatic rings. The van der Waals surface area contributed by atoms with Crippen molar-refractivity contribution in [1.29, 1.82) is 0 Å². The number of ketones is 1. The van der Waals surface area contributed by atoms with Gasteiger partial charge in [0.2, 0.25) is 0 Å². The summed E-state index contributed by atoms with van der Waals surface area (Å²) in [7, 11) is 0. The van der Waals surface area contributed by atoms with Gasteiger partial charge in [0.15, 0.2) is 11.4 Å². The summed E-state index contributed by atoms with van der Waals surface area (Å²) in [6.07, 6.45) is 5.61. The van der Waals surface area contributed by atoms with Crippen LogP contribution in [0.4, 0.5) is 4.39 Å². The number of halogens is 1. The van der Waals surface area contributed by atoms with Crippen LogP contribution in [0.5, 0.6) is 0 Å². The second-order valence-corrected chi connectivity index (χ2v) is 9.91. The van der Waals surface area contributed by atoms with Crippen molar-refractivity contribution < 1.29 is 9.18 Å². The van der Waals surface area contributed by atoms with E-state index in [1.165, 1.54) is 23.5 Å². The maximum atomic E-state index is 13.6. The SMILES string of the molecule is O=C(Cc1cn2nc(-c3c(-c4ccc(F)cc4)nc4ccccn34)ccc2n1)c1cccc(-c2nccs2)c1. The number of fused-ring (bicyclic) bond motifs is 2. The van der Waals surface area contributed by atoms with Crippen LogP contribution < -0.4 is 0 Å². The Hall–Kier alpha value is -5.02. The Morgan fingerprint density at radius 1 is 0.897 bits per heavy atom. The van der Waals surface area contributed by atoms with Gasteiger partial charge in [0.25, 0.3) is 0 Å². The molecule has 0 unspecified atom stereocenters. The Labute approximate surface area is 225 Å². The Morgan fingerprint density at radius 3 is 2.64 bits per heavy atom. The molecule has 9 heteroatoms. The lowest BCUT2D eigenvalue weighted by Crippen LogP contribution is -2.04. The van der Waals surface area contributed by atoms with Crippen LogP contribution in [0.1, 0.15) is 16.1 Å². The van der Waals surface area contributed by atoms with Crippen LogP contribution in [0.3, 0.4) is 0 Å². The van der Waals surface area contributed by atoms with Gasteiger partial charge < -0.3 is 0 Å². The number of thiazole rings is 1. The quantitative estimate of drug-likeness (QED) is 0.233. The van der Waals surface area contributed by atoms with E-state index in [1.807, 2.05) is 70.6 Å². The summed E-state index contributed by atoms with van der Waals surface area (Å²) in [6, 6.07) is 23.3. The number of nitrogens with zero attached hydrogens (tertiary/aromatic N) is 6. The highest BCUT2D eigenvalue weighted by Gasteiger charge is 2.19. The van der Waals surface area contributed by atoms with E-state index in [-0.39, 0.29) is 18.0 Å². The number of carbonyl (C=O) groups excluding carboxylic acids is 1. The lowest BCUT2D eigenvalue weighted by molar-refractivity contribution is 0.0992. The van der Waals surface area contributed by atoms with E-state index in [9.17, 15) is 9.18 Å². The van der Waals surface area contributed by atoms with E-state index in [4.69, 9.17) is 10.1 Å². The summed E-state index contributed by atoms with van der Waals surface area (Å²) in [5.74, 6) is -0.337. The minimum atomic E-state index is -0.306. The second-order valence-electron chi connectivity index (χ2n) is 9.02. The fourth-order valence-electron chi connectivity index (χ4n) is 4.65. The molecule has 7 nitrogen and oxygen atoms in total. The molecule has 5 heterocycles. The maximum Gasteiger partial charge on any atom is 0.168 e. The Balaban J connectivity index is 1.24. The highest BCUT2D eigenvalue weighted by molar-refractivity contribution is 7.13. The molecule has 188 valence electrons. The normalized spacial score (nSPS) is 11.4. The Morgan fingerprint density at radius 2 is 1.79 bits per heavy atom. The molecule has 0 radical (unpaired) electrons. The van der Waals surface area contributed by atoms with Crippen molar-refractivity contribution in [3.8, 4) is 33.2 Å². The van der Waals surface area contributed by atoms with Gasteiger partial charge in [-0.15, -0.1) is 11.3 Å². The molecular weight excluding hydrogens is 511 g/mol. The van der Waals surface area contributed by atoms with Crippen molar-refractivity contribution in [2.75, 3.05) is 0 Å². The number of hydrogen-bond acceptors (Lipinski definition) is 6. The number of imidazole rings is 2. The minimum absolute atomic E-state index is 0.0302. The van der Waals surface area contributed by atoms with Crippen molar-refractivity contribution in [3.05, 3.63) is 120 Å². The summed E-state index contributed by atoms with van der Waals surface area (Å²) in [5.41, 5.74) is 6.49. The zero-order chi connectivity index (χ0) is 26.3. The number of hydrogen-bond donors (Lipinski definition) is 0. The zero-order valence-corrected chi connectivity index (χ0v) is 21.2. The van der Waals surface area contributed by atoms with E-state index < -0.39 is 0 Å². The van der Waals surface area contributed by atoms with Gasteiger partial charge >= 0.3 is 0 Å². The first kappa shape index (κ1) is 23.1. The third kappa shape index (κ3) is 4.28. The highest BCUT2D eigenvalue weighted by Crippen LogP contribution is 2.32. The predicted molar refractivity (Wildman–Crippen MR) is 148 cm³/mol. The van der Waals surface area contributed by atoms with Gasteiger partial charge in [0.05, 0.1) is 24.0 Å². The first-order valence-corrected chi connectivity index (χ1v) is 13.1. The monoisotopic (exact) mass is 530 g/mol. The molecule has 0 bridgehead atoms. The number of benzene rings is 2. The van der Waals surface area contributed by atoms with Gasteiger partial charge in [0, 0.05) is 34.5 Å². The molecule has 7 rings (SSSR count). The number of aromatic nitrogens is 6. The van der Waals surface area contributed by atoms with E-state index in [1.54, 1.807) is 29.0 Å². The van der Waals surface area contributed by atoms with Crippen molar-refractivity contribution in [3.63, 3.8) is 0 Å². The van der Waals surface area contributed by atoms with E-state index in [0.29, 0.717) is 28.3 Å². The van der Waals surface area contributed by atoms with E-state index in [0.717, 1.165) is 27.5 Å². The first-order valence-electron chi connectivity index (χ1n) is 12.2. The smallest absolute Gasteiger partial charge is 0.168 e. The van der Waals surface area contributed by atoms with Crippen LogP contribution in [0.2, 0.25) is 0 Å². The summed E-state index contributed by atoms with van der Waals surface area (Å²) in [4.78, 5) is 26.9. The molecule has 0 aliphatic heterocycles. The minimum Gasteiger partial charge on any atom is -0.298 e. The molecule has 5 aromatic heterocycles. The maximum absolute atomic E-state index is 13.6. The molecule has 0 fully saturated rings. The molecule has 0 saturated heterocycles. The number of rotatable bonds is 6. The number of Topliss-reactive ketones (excluding diaryl/α,β-unsaturated/α-hetero) is 1. The first-order chi connectivity index (χ1) is 19.1.